The van der Waals surface area contributed by atoms with E-state index in [9.17, 15) is 4.79 Å². The molecule has 0 bridgehead atoms. The Bertz CT molecular complexity index is 1640. The second kappa shape index (κ2) is 10.1. The molecule has 0 aliphatic carbocycles. The molecule has 194 valence electrons. The van der Waals surface area contributed by atoms with E-state index in [0.29, 0.717) is 5.02 Å². The summed E-state index contributed by atoms with van der Waals surface area (Å²) in [6.45, 7) is 9.53. The lowest BCUT2D eigenvalue weighted by Crippen LogP contribution is -2.27. The largest absolute Gasteiger partial charge is 0.360 e. The van der Waals surface area contributed by atoms with Crippen molar-refractivity contribution in [2.75, 3.05) is 0 Å². The first-order chi connectivity index (χ1) is 18.0. The zero-order valence-corrected chi connectivity index (χ0v) is 23.9. The van der Waals surface area contributed by atoms with Crippen molar-refractivity contribution in [2.24, 2.45) is 7.05 Å². The molecule has 0 radical (unpaired) electrons. The number of aromatic nitrogens is 3. The number of carbonyl (C=O) groups is 1. The number of ether oxygens (including phenoxy) is 1. The first kappa shape index (κ1) is 26.3. The minimum absolute atomic E-state index is 0.0356. The van der Waals surface area contributed by atoms with Crippen LogP contribution < -0.4 is 0 Å². The van der Waals surface area contributed by atoms with Crippen LogP contribution in [0.2, 0.25) is 5.02 Å². The van der Waals surface area contributed by atoms with Gasteiger partial charge in [0.2, 0.25) is 0 Å². The van der Waals surface area contributed by atoms with Crippen molar-refractivity contribution in [1.82, 2.24) is 14.8 Å². The van der Waals surface area contributed by atoms with E-state index in [4.69, 9.17) is 21.3 Å². The molecule has 0 fully saturated rings. The van der Waals surface area contributed by atoms with E-state index in [1.807, 2.05) is 77.5 Å². The van der Waals surface area contributed by atoms with Crippen LogP contribution in [0.15, 0.2) is 67.0 Å². The summed E-state index contributed by atoms with van der Waals surface area (Å²) in [5, 5.41) is 5.88. The summed E-state index contributed by atoms with van der Waals surface area (Å²) in [6.07, 6.45) is 3.16. The Hall–Kier alpha value is -3.32. The number of fused-ring (bicyclic) bond motifs is 1. The maximum atomic E-state index is 13.0. The smallest absolute Gasteiger partial charge is 0.163 e. The molecule has 5 nitrogen and oxygen atoms in total. The van der Waals surface area contributed by atoms with Gasteiger partial charge in [0.05, 0.1) is 22.0 Å². The van der Waals surface area contributed by atoms with Gasteiger partial charge in [-0.2, -0.15) is 5.10 Å². The molecule has 0 unspecified atom stereocenters. The van der Waals surface area contributed by atoms with Crippen LogP contribution in [0.5, 0.6) is 0 Å². The molecular weight excluding hydrogens is 514 g/mol. The molecule has 2 heterocycles. The summed E-state index contributed by atoms with van der Waals surface area (Å²) in [4.78, 5) is 18.0. The molecule has 0 aliphatic heterocycles. The average molecular weight is 544 g/mol. The van der Waals surface area contributed by atoms with Gasteiger partial charge in [-0.1, -0.05) is 41.9 Å². The number of Topliss-reactive ketones (excluding diaryl/α,β-unsaturated/α-hetero) is 1. The number of thiazole rings is 1. The molecule has 5 rings (SSSR count). The summed E-state index contributed by atoms with van der Waals surface area (Å²) < 4.78 is 9.17. The van der Waals surface area contributed by atoms with E-state index in [0.717, 1.165) is 54.2 Å². The molecule has 0 saturated carbocycles. The summed E-state index contributed by atoms with van der Waals surface area (Å²) in [5.74, 6) is -0.0356. The van der Waals surface area contributed by atoms with Gasteiger partial charge in [0, 0.05) is 40.5 Å². The zero-order valence-electron chi connectivity index (χ0n) is 22.4. The van der Waals surface area contributed by atoms with Gasteiger partial charge in [-0.3, -0.25) is 9.48 Å². The van der Waals surface area contributed by atoms with Gasteiger partial charge in [-0.15, -0.1) is 11.3 Å². The summed E-state index contributed by atoms with van der Waals surface area (Å²) >= 11 is 7.87. The van der Waals surface area contributed by atoms with Gasteiger partial charge >= 0.3 is 0 Å². The van der Waals surface area contributed by atoms with Gasteiger partial charge in [0.25, 0.3) is 0 Å². The lowest BCUT2D eigenvalue weighted by molar-refractivity contribution is -0.138. The van der Waals surface area contributed by atoms with E-state index < -0.39 is 11.7 Å². The summed E-state index contributed by atoms with van der Waals surface area (Å²) in [6, 6.07) is 18.2. The first-order valence-electron chi connectivity index (χ1n) is 12.5. The molecule has 7 heteroatoms. The Morgan fingerprint density at radius 2 is 1.74 bits per heavy atom. The third kappa shape index (κ3) is 5.30. The number of ketones is 1. The Balaban J connectivity index is 1.74. The van der Waals surface area contributed by atoms with Gasteiger partial charge in [-0.05, 0) is 75.6 Å². The number of carbonyl (C=O) groups excluding carboxylic acids is 1. The van der Waals surface area contributed by atoms with Crippen LogP contribution in [0, 0.1) is 6.92 Å². The van der Waals surface area contributed by atoms with Crippen LogP contribution in [0.25, 0.3) is 43.0 Å². The third-order valence-corrected chi connectivity index (χ3v) is 7.70. The van der Waals surface area contributed by atoms with Crippen molar-refractivity contribution in [3.63, 3.8) is 0 Å². The standard InChI is InChI=1S/C31H30ClN3O2S/c1-18-14-25-29(38-30(34-25)22-9-7-8-21(15-22)23-16-33-35(6)17-23)27(20-10-12-24(32)13-11-20)26(18)28(19(2)36)37-31(3,4)5/h7-17,28H,1-6H3/t28-/m1/s1. The quantitative estimate of drug-likeness (QED) is 0.215. The molecule has 0 amide bonds. The molecule has 1 atom stereocenters. The van der Waals surface area contributed by atoms with E-state index in [1.165, 1.54) is 0 Å². The SMILES string of the molecule is CC(=O)[C@@H](OC(C)(C)C)c1c(C)cc2nc(-c3cccc(-c4cnn(C)c4)c3)sc2c1-c1ccc(Cl)cc1. The van der Waals surface area contributed by atoms with Crippen LogP contribution in [-0.2, 0) is 16.6 Å². The number of halogens is 1. The topological polar surface area (TPSA) is 57.0 Å². The van der Waals surface area contributed by atoms with Crippen LogP contribution in [0.1, 0.15) is 44.9 Å². The highest BCUT2D eigenvalue weighted by molar-refractivity contribution is 7.22. The summed E-state index contributed by atoms with van der Waals surface area (Å²) in [5.41, 5.74) is 7.34. The molecule has 0 N–H and O–H groups in total. The van der Waals surface area contributed by atoms with Crippen molar-refractivity contribution < 1.29 is 9.53 Å². The normalized spacial score (nSPS) is 12.7. The Morgan fingerprint density at radius 1 is 1.03 bits per heavy atom. The van der Waals surface area contributed by atoms with Crippen LogP contribution in [0.3, 0.4) is 0 Å². The van der Waals surface area contributed by atoms with Crippen molar-refractivity contribution in [3.8, 4) is 32.8 Å². The van der Waals surface area contributed by atoms with Crippen molar-refractivity contribution in [3.05, 3.63) is 83.1 Å². The number of aryl methyl sites for hydroxylation is 2. The molecule has 0 saturated heterocycles. The molecule has 3 aromatic carbocycles. The molecule has 2 aromatic heterocycles. The second-order valence-electron chi connectivity index (χ2n) is 10.6. The fourth-order valence-electron chi connectivity index (χ4n) is 4.68. The van der Waals surface area contributed by atoms with E-state index in [-0.39, 0.29) is 5.78 Å². The Morgan fingerprint density at radius 3 is 2.37 bits per heavy atom. The zero-order chi connectivity index (χ0) is 27.2. The molecular formula is C31H30ClN3O2S. The number of nitrogens with zero attached hydrogens (tertiary/aromatic N) is 3. The van der Waals surface area contributed by atoms with Gasteiger partial charge in [0.1, 0.15) is 11.1 Å². The third-order valence-electron chi connectivity index (χ3n) is 6.31. The highest BCUT2D eigenvalue weighted by Crippen LogP contribution is 2.44. The second-order valence-corrected chi connectivity index (χ2v) is 12.0. The average Bonchev–Trinajstić information content (AvgIpc) is 3.48. The van der Waals surface area contributed by atoms with Crippen LogP contribution in [-0.4, -0.2) is 26.1 Å². The predicted octanol–water partition coefficient (Wildman–Crippen LogP) is 8.44. The van der Waals surface area contributed by atoms with Gasteiger partial charge in [0.15, 0.2) is 5.78 Å². The highest BCUT2D eigenvalue weighted by atomic mass is 35.5. The monoisotopic (exact) mass is 543 g/mol. The minimum atomic E-state index is -0.704. The molecule has 5 aromatic rings. The minimum Gasteiger partial charge on any atom is -0.360 e. The maximum absolute atomic E-state index is 13.0. The Labute approximate surface area is 232 Å². The Kier molecular flexibility index (Phi) is 6.99. The maximum Gasteiger partial charge on any atom is 0.163 e. The fourth-order valence-corrected chi connectivity index (χ4v) is 5.92. The number of rotatable bonds is 6. The number of hydrogen-bond acceptors (Lipinski definition) is 5. The van der Waals surface area contributed by atoms with Gasteiger partial charge in [-0.25, -0.2) is 4.98 Å². The molecule has 38 heavy (non-hydrogen) atoms. The van der Waals surface area contributed by atoms with Gasteiger partial charge < -0.3 is 4.74 Å². The van der Waals surface area contributed by atoms with Crippen molar-refractivity contribution in [2.45, 2.75) is 46.3 Å². The summed E-state index contributed by atoms with van der Waals surface area (Å²) in [7, 11) is 1.91. The lowest BCUT2D eigenvalue weighted by Gasteiger charge is -2.29. The molecule has 0 spiro atoms. The highest BCUT2D eigenvalue weighted by Gasteiger charge is 2.30. The van der Waals surface area contributed by atoms with E-state index in [2.05, 4.69) is 29.4 Å². The lowest BCUT2D eigenvalue weighted by atomic mass is 9.90. The van der Waals surface area contributed by atoms with Crippen LogP contribution >= 0.6 is 22.9 Å². The number of benzene rings is 3. The van der Waals surface area contributed by atoms with E-state index in [1.54, 1.807) is 22.9 Å². The predicted molar refractivity (Wildman–Crippen MR) is 157 cm³/mol. The van der Waals surface area contributed by atoms with Crippen molar-refractivity contribution in [1.29, 1.82) is 0 Å². The fraction of sp³-hybridized carbons (Fsp3) is 0.258. The first-order valence-corrected chi connectivity index (χ1v) is 13.7. The van der Waals surface area contributed by atoms with E-state index >= 15 is 0 Å². The number of hydrogen-bond donors (Lipinski definition) is 0. The van der Waals surface area contributed by atoms with Crippen molar-refractivity contribution >= 4 is 38.9 Å². The van der Waals surface area contributed by atoms with Crippen LogP contribution in [0.4, 0.5) is 0 Å². The molecule has 0 aliphatic rings.